The summed E-state index contributed by atoms with van der Waals surface area (Å²) < 4.78 is 0. The van der Waals surface area contributed by atoms with Gasteiger partial charge in [-0.3, -0.25) is 14.5 Å². The van der Waals surface area contributed by atoms with E-state index in [1.165, 1.54) is 4.90 Å². The number of nitrogens with zero attached hydrogens (tertiary/aromatic N) is 2. The number of hydrogen-bond donors (Lipinski definition) is 0. The maximum Gasteiger partial charge on any atom is 0.261 e. The van der Waals surface area contributed by atoms with Crippen LogP contribution in [0.4, 0.5) is 0 Å². The Balaban J connectivity index is 1.40. The Kier molecular flexibility index (Phi) is 5.01. The summed E-state index contributed by atoms with van der Waals surface area (Å²) in [5.74, 6) is -0.430. The molecule has 3 rings (SSSR count). The smallest absolute Gasteiger partial charge is 0.261 e. The predicted octanol–water partition coefficient (Wildman–Crippen LogP) is 3.27. The SMILES string of the molecule is O=C1c2ccccc2C(=O)N1CCC/C=N/OCc1ccccc1. The number of hydrogen-bond acceptors (Lipinski definition) is 4. The molecule has 24 heavy (non-hydrogen) atoms. The van der Waals surface area contributed by atoms with Crippen molar-refractivity contribution in [2.75, 3.05) is 6.54 Å². The number of unbranched alkanes of at least 4 members (excludes halogenated alkanes) is 1. The Morgan fingerprint density at radius 1 is 0.917 bits per heavy atom. The molecule has 0 atom stereocenters. The third-order valence-corrected chi connectivity index (χ3v) is 3.82. The van der Waals surface area contributed by atoms with Crippen LogP contribution >= 0.6 is 0 Å². The zero-order valence-corrected chi connectivity index (χ0v) is 13.2. The van der Waals surface area contributed by atoms with Gasteiger partial charge in [-0.25, -0.2) is 0 Å². The molecule has 1 heterocycles. The molecule has 0 N–H and O–H groups in total. The van der Waals surface area contributed by atoms with Crippen molar-refractivity contribution >= 4 is 18.0 Å². The number of carbonyl (C=O) groups excluding carboxylic acids is 2. The molecule has 2 amide bonds. The summed E-state index contributed by atoms with van der Waals surface area (Å²) >= 11 is 0. The van der Waals surface area contributed by atoms with Gasteiger partial charge in [0.25, 0.3) is 11.8 Å². The Bertz CT molecular complexity index is 721. The molecule has 5 nitrogen and oxygen atoms in total. The lowest BCUT2D eigenvalue weighted by Crippen LogP contribution is -2.30. The van der Waals surface area contributed by atoms with E-state index in [1.807, 2.05) is 30.3 Å². The zero-order chi connectivity index (χ0) is 16.8. The van der Waals surface area contributed by atoms with Crippen molar-refractivity contribution in [1.82, 2.24) is 4.90 Å². The van der Waals surface area contributed by atoms with Crippen molar-refractivity contribution in [2.45, 2.75) is 19.4 Å². The number of oxime groups is 1. The number of amides is 2. The molecule has 0 saturated heterocycles. The average Bonchev–Trinajstić information content (AvgIpc) is 2.87. The van der Waals surface area contributed by atoms with Gasteiger partial charge in [-0.15, -0.1) is 0 Å². The van der Waals surface area contributed by atoms with Gasteiger partial charge in [0.1, 0.15) is 6.61 Å². The van der Waals surface area contributed by atoms with Crippen molar-refractivity contribution in [1.29, 1.82) is 0 Å². The van der Waals surface area contributed by atoms with Crippen LogP contribution in [0.3, 0.4) is 0 Å². The van der Waals surface area contributed by atoms with E-state index in [9.17, 15) is 9.59 Å². The molecule has 0 aromatic heterocycles. The Morgan fingerprint density at radius 2 is 1.54 bits per heavy atom. The fourth-order valence-electron chi connectivity index (χ4n) is 2.57. The van der Waals surface area contributed by atoms with Crippen LogP contribution in [0.2, 0.25) is 0 Å². The molecule has 0 unspecified atom stereocenters. The molecule has 5 heteroatoms. The minimum atomic E-state index is -0.215. The summed E-state index contributed by atoms with van der Waals surface area (Å²) in [5.41, 5.74) is 2.03. The summed E-state index contributed by atoms with van der Waals surface area (Å²) in [6, 6.07) is 16.7. The number of rotatable bonds is 7. The molecular formula is C19H18N2O3. The minimum Gasteiger partial charge on any atom is -0.391 e. The van der Waals surface area contributed by atoms with Crippen LogP contribution in [-0.4, -0.2) is 29.5 Å². The summed E-state index contributed by atoms with van der Waals surface area (Å²) in [5, 5.41) is 3.89. The molecule has 1 aliphatic heterocycles. The van der Waals surface area contributed by atoms with Crippen LogP contribution in [0.1, 0.15) is 39.1 Å². The molecule has 0 spiro atoms. The number of imide groups is 1. The van der Waals surface area contributed by atoms with Gasteiger partial charge in [0.15, 0.2) is 0 Å². The van der Waals surface area contributed by atoms with Gasteiger partial charge in [0.05, 0.1) is 11.1 Å². The lowest BCUT2D eigenvalue weighted by Gasteiger charge is -2.12. The van der Waals surface area contributed by atoms with Crippen molar-refractivity contribution in [3.8, 4) is 0 Å². The van der Waals surface area contributed by atoms with Crippen molar-refractivity contribution in [2.24, 2.45) is 5.16 Å². The third kappa shape index (κ3) is 3.51. The highest BCUT2D eigenvalue weighted by Crippen LogP contribution is 2.22. The first-order valence-electron chi connectivity index (χ1n) is 7.90. The number of fused-ring (bicyclic) bond motifs is 1. The van der Waals surface area contributed by atoms with Gasteiger partial charge < -0.3 is 4.84 Å². The molecule has 2 aromatic rings. The highest BCUT2D eigenvalue weighted by molar-refractivity contribution is 6.21. The van der Waals surface area contributed by atoms with E-state index in [0.717, 1.165) is 5.56 Å². The van der Waals surface area contributed by atoms with Crippen LogP contribution < -0.4 is 0 Å². The van der Waals surface area contributed by atoms with Crippen LogP contribution in [0.5, 0.6) is 0 Å². The normalized spacial score (nSPS) is 13.6. The lowest BCUT2D eigenvalue weighted by atomic mass is 10.1. The number of carbonyl (C=O) groups is 2. The van der Waals surface area contributed by atoms with E-state index in [-0.39, 0.29) is 11.8 Å². The second kappa shape index (κ2) is 7.55. The fourth-order valence-corrected chi connectivity index (χ4v) is 2.57. The maximum atomic E-state index is 12.2. The van der Waals surface area contributed by atoms with Crippen LogP contribution in [0.25, 0.3) is 0 Å². The fraction of sp³-hybridized carbons (Fsp3) is 0.211. The summed E-state index contributed by atoms with van der Waals surface area (Å²) in [4.78, 5) is 30.9. The van der Waals surface area contributed by atoms with Gasteiger partial charge >= 0.3 is 0 Å². The van der Waals surface area contributed by atoms with E-state index >= 15 is 0 Å². The van der Waals surface area contributed by atoms with Crippen LogP contribution in [-0.2, 0) is 11.4 Å². The quantitative estimate of drug-likeness (QED) is 0.340. The maximum absolute atomic E-state index is 12.2. The van der Waals surface area contributed by atoms with Gasteiger partial charge in [0, 0.05) is 12.8 Å². The Hall–Kier alpha value is -2.95. The molecule has 0 radical (unpaired) electrons. The summed E-state index contributed by atoms with van der Waals surface area (Å²) in [6.07, 6.45) is 2.97. The van der Waals surface area contributed by atoms with Gasteiger partial charge in [-0.1, -0.05) is 47.6 Å². The van der Waals surface area contributed by atoms with Crippen molar-refractivity contribution in [3.63, 3.8) is 0 Å². The molecule has 0 bridgehead atoms. The van der Waals surface area contributed by atoms with E-state index in [0.29, 0.717) is 37.1 Å². The second-order valence-electron chi connectivity index (χ2n) is 5.50. The van der Waals surface area contributed by atoms with Crippen LogP contribution in [0, 0.1) is 0 Å². The lowest BCUT2D eigenvalue weighted by molar-refractivity contribution is 0.0653. The molecule has 1 aliphatic rings. The molecule has 0 fully saturated rings. The third-order valence-electron chi connectivity index (χ3n) is 3.82. The minimum absolute atomic E-state index is 0.215. The van der Waals surface area contributed by atoms with E-state index in [2.05, 4.69) is 5.16 Å². The van der Waals surface area contributed by atoms with Crippen molar-refractivity contribution < 1.29 is 14.4 Å². The average molecular weight is 322 g/mol. The Morgan fingerprint density at radius 3 is 2.21 bits per heavy atom. The highest BCUT2D eigenvalue weighted by Gasteiger charge is 2.34. The Labute approximate surface area is 140 Å². The van der Waals surface area contributed by atoms with E-state index in [4.69, 9.17) is 4.84 Å². The molecule has 2 aromatic carbocycles. The van der Waals surface area contributed by atoms with Gasteiger partial charge in [0.2, 0.25) is 0 Å². The predicted molar refractivity (Wildman–Crippen MR) is 90.8 cm³/mol. The summed E-state index contributed by atoms with van der Waals surface area (Å²) in [6.45, 7) is 0.812. The van der Waals surface area contributed by atoms with Crippen LogP contribution in [0.15, 0.2) is 59.8 Å². The molecule has 0 saturated carbocycles. The molecule has 0 aliphatic carbocycles. The second-order valence-corrected chi connectivity index (χ2v) is 5.50. The van der Waals surface area contributed by atoms with E-state index in [1.54, 1.807) is 30.5 Å². The van der Waals surface area contributed by atoms with E-state index < -0.39 is 0 Å². The monoisotopic (exact) mass is 322 g/mol. The molecular weight excluding hydrogens is 304 g/mol. The van der Waals surface area contributed by atoms with Gasteiger partial charge in [-0.05, 0) is 30.5 Å². The molecule has 122 valence electrons. The first-order valence-corrected chi connectivity index (χ1v) is 7.90. The topological polar surface area (TPSA) is 59.0 Å². The number of benzene rings is 2. The van der Waals surface area contributed by atoms with Gasteiger partial charge in [-0.2, -0.15) is 0 Å². The first-order chi connectivity index (χ1) is 11.8. The van der Waals surface area contributed by atoms with Crippen molar-refractivity contribution in [3.05, 3.63) is 71.3 Å². The standard InChI is InChI=1S/C19H18N2O3/c22-18-16-10-4-5-11-17(16)19(23)21(18)13-7-6-12-20-24-14-15-8-2-1-3-9-15/h1-5,8-12H,6-7,13-14H2/b20-12+. The first kappa shape index (κ1) is 15.9. The largest absolute Gasteiger partial charge is 0.391 e. The highest BCUT2D eigenvalue weighted by atomic mass is 16.6. The summed E-state index contributed by atoms with van der Waals surface area (Å²) in [7, 11) is 0. The zero-order valence-electron chi connectivity index (χ0n) is 13.2.